The Labute approximate surface area is 170 Å². The smallest absolute Gasteiger partial charge is 0.326 e. The number of carbonyl (C=O) groups excluding carboxylic acids is 1. The first kappa shape index (κ1) is 20.8. The van der Waals surface area contributed by atoms with Crippen molar-refractivity contribution in [3.05, 3.63) is 69.9 Å². The van der Waals surface area contributed by atoms with Crippen molar-refractivity contribution >= 4 is 28.8 Å². The molecule has 0 aliphatic carbocycles. The van der Waals surface area contributed by atoms with E-state index >= 15 is 0 Å². The Morgan fingerprint density at radius 1 is 1.03 bits per heavy atom. The maximum absolute atomic E-state index is 12.4. The second kappa shape index (κ2) is 8.60. The molecular formula is C22H19NO7. The SMILES string of the molecule is Cc1ccc2oc(-c3ccc(C(=O)N[C@@H](CCC(=O)O)C(=O)O)cc3)cc(=O)c2c1. The third kappa shape index (κ3) is 4.72. The minimum Gasteiger partial charge on any atom is -0.481 e. The fourth-order valence-corrected chi connectivity index (χ4v) is 2.97. The molecule has 8 heteroatoms. The van der Waals surface area contributed by atoms with Crippen molar-refractivity contribution in [2.24, 2.45) is 0 Å². The summed E-state index contributed by atoms with van der Waals surface area (Å²) < 4.78 is 5.80. The summed E-state index contributed by atoms with van der Waals surface area (Å²) in [6.07, 6.45) is -0.604. The zero-order valence-electron chi connectivity index (χ0n) is 16.0. The summed E-state index contributed by atoms with van der Waals surface area (Å²) >= 11 is 0. The van der Waals surface area contributed by atoms with E-state index in [9.17, 15) is 19.2 Å². The first-order valence-corrected chi connectivity index (χ1v) is 9.15. The van der Waals surface area contributed by atoms with Crippen LogP contribution >= 0.6 is 0 Å². The molecule has 0 unspecified atom stereocenters. The Morgan fingerprint density at radius 2 is 1.73 bits per heavy atom. The van der Waals surface area contributed by atoms with Crippen LogP contribution < -0.4 is 10.7 Å². The second-order valence-corrected chi connectivity index (χ2v) is 6.85. The molecule has 2 aromatic carbocycles. The van der Waals surface area contributed by atoms with Crippen LogP contribution in [0.2, 0.25) is 0 Å². The summed E-state index contributed by atoms with van der Waals surface area (Å²) in [5.74, 6) is -2.76. The van der Waals surface area contributed by atoms with E-state index < -0.39 is 23.9 Å². The number of carboxylic acids is 2. The van der Waals surface area contributed by atoms with Gasteiger partial charge in [0.25, 0.3) is 5.91 Å². The molecule has 0 saturated carbocycles. The first-order valence-electron chi connectivity index (χ1n) is 9.15. The number of benzene rings is 2. The highest BCUT2D eigenvalue weighted by molar-refractivity contribution is 5.97. The van der Waals surface area contributed by atoms with Gasteiger partial charge in [-0.1, -0.05) is 23.8 Å². The molecule has 0 radical (unpaired) electrons. The molecular weight excluding hydrogens is 390 g/mol. The lowest BCUT2D eigenvalue weighted by molar-refractivity contribution is -0.140. The number of aryl methyl sites for hydroxylation is 1. The zero-order valence-corrected chi connectivity index (χ0v) is 16.0. The van der Waals surface area contributed by atoms with Crippen LogP contribution in [0, 0.1) is 6.92 Å². The Balaban J connectivity index is 1.80. The van der Waals surface area contributed by atoms with Gasteiger partial charge in [0.2, 0.25) is 0 Å². The largest absolute Gasteiger partial charge is 0.481 e. The van der Waals surface area contributed by atoms with E-state index in [1.54, 1.807) is 24.3 Å². The van der Waals surface area contributed by atoms with Crippen molar-refractivity contribution in [1.29, 1.82) is 0 Å². The molecule has 0 spiro atoms. The highest BCUT2D eigenvalue weighted by Crippen LogP contribution is 2.23. The van der Waals surface area contributed by atoms with Gasteiger partial charge in [0.05, 0.1) is 5.39 Å². The van der Waals surface area contributed by atoms with E-state index in [-0.39, 0.29) is 23.8 Å². The number of amides is 1. The van der Waals surface area contributed by atoms with Crippen LogP contribution in [0.4, 0.5) is 0 Å². The van der Waals surface area contributed by atoms with E-state index in [1.165, 1.54) is 18.2 Å². The minimum atomic E-state index is -1.31. The molecule has 1 aromatic heterocycles. The Bertz CT molecular complexity index is 1180. The maximum atomic E-state index is 12.4. The van der Waals surface area contributed by atoms with E-state index in [2.05, 4.69) is 5.32 Å². The van der Waals surface area contributed by atoms with Crippen LogP contribution in [0.3, 0.4) is 0 Å². The molecule has 0 bridgehead atoms. The lowest BCUT2D eigenvalue weighted by atomic mass is 10.1. The monoisotopic (exact) mass is 409 g/mol. The molecule has 8 nitrogen and oxygen atoms in total. The molecule has 154 valence electrons. The molecule has 0 aliphatic heterocycles. The molecule has 1 heterocycles. The fourth-order valence-electron chi connectivity index (χ4n) is 2.97. The van der Waals surface area contributed by atoms with E-state index in [0.29, 0.717) is 22.3 Å². The van der Waals surface area contributed by atoms with Crippen molar-refractivity contribution in [2.75, 3.05) is 0 Å². The third-order valence-electron chi connectivity index (χ3n) is 4.56. The zero-order chi connectivity index (χ0) is 21.8. The Kier molecular flexibility index (Phi) is 5.96. The lowest BCUT2D eigenvalue weighted by Gasteiger charge is -2.13. The molecule has 3 rings (SSSR count). The topological polar surface area (TPSA) is 134 Å². The number of carbonyl (C=O) groups is 3. The first-order chi connectivity index (χ1) is 14.2. The van der Waals surface area contributed by atoms with Gasteiger partial charge in [-0.2, -0.15) is 0 Å². The van der Waals surface area contributed by atoms with Crippen LogP contribution in [0.25, 0.3) is 22.3 Å². The number of carboxylic acid groups (broad SMARTS) is 2. The maximum Gasteiger partial charge on any atom is 0.326 e. The Hall–Kier alpha value is -3.94. The van der Waals surface area contributed by atoms with Gasteiger partial charge < -0.3 is 19.9 Å². The summed E-state index contributed by atoms with van der Waals surface area (Å²) in [6, 6.07) is 11.5. The standard InChI is InChI=1S/C22H19NO7/c1-12-2-8-18-15(10-12)17(24)11-19(30-18)13-3-5-14(6-4-13)21(27)23-16(22(28)29)7-9-20(25)26/h2-6,8,10-11,16H,7,9H2,1H3,(H,23,27)(H,25,26)(H,28,29)/t16-/m0/s1. The summed E-state index contributed by atoms with van der Waals surface area (Å²) in [6.45, 7) is 1.88. The number of hydrogen-bond acceptors (Lipinski definition) is 5. The summed E-state index contributed by atoms with van der Waals surface area (Å²) in [4.78, 5) is 46.6. The predicted molar refractivity (Wildman–Crippen MR) is 108 cm³/mol. The van der Waals surface area contributed by atoms with Gasteiger partial charge in [0.15, 0.2) is 5.43 Å². The summed E-state index contributed by atoms with van der Waals surface area (Å²) in [5.41, 5.74) is 1.99. The summed E-state index contributed by atoms with van der Waals surface area (Å²) in [7, 11) is 0. The highest BCUT2D eigenvalue weighted by Gasteiger charge is 2.21. The Morgan fingerprint density at radius 3 is 2.37 bits per heavy atom. The molecule has 30 heavy (non-hydrogen) atoms. The quantitative estimate of drug-likeness (QED) is 0.546. The van der Waals surface area contributed by atoms with E-state index in [1.807, 2.05) is 13.0 Å². The van der Waals surface area contributed by atoms with Gasteiger partial charge >= 0.3 is 11.9 Å². The third-order valence-corrected chi connectivity index (χ3v) is 4.56. The van der Waals surface area contributed by atoms with Gasteiger partial charge in [0.1, 0.15) is 17.4 Å². The van der Waals surface area contributed by atoms with Crippen molar-refractivity contribution in [2.45, 2.75) is 25.8 Å². The van der Waals surface area contributed by atoms with Crippen LogP contribution in [0.5, 0.6) is 0 Å². The molecule has 1 atom stereocenters. The van der Waals surface area contributed by atoms with E-state index in [0.717, 1.165) is 5.56 Å². The fraction of sp³-hybridized carbons (Fsp3) is 0.182. The molecule has 0 fully saturated rings. The van der Waals surface area contributed by atoms with Gasteiger partial charge in [-0.3, -0.25) is 14.4 Å². The molecule has 0 saturated heterocycles. The number of hydrogen-bond donors (Lipinski definition) is 3. The number of nitrogens with one attached hydrogen (secondary N) is 1. The number of fused-ring (bicyclic) bond motifs is 1. The van der Waals surface area contributed by atoms with Crippen molar-refractivity contribution in [1.82, 2.24) is 5.32 Å². The van der Waals surface area contributed by atoms with Gasteiger partial charge in [-0.05, 0) is 37.6 Å². The molecule has 1 amide bonds. The van der Waals surface area contributed by atoms with Crippen LogP contribution in [-0.2, 0) is 9.59 Å². The van der Waals surface area contributed by atoms with E-state index in [4.69, 9.17) is 14.6 Å². The van der Waals surface area contributed by atoms with Gasteiger partial charge in [-0.25, -0.2) is 4.79 Å². The van der Waals surface area contributed by atoms with Crippen molar-refractivity contribution in [3.63, 3.8) is 0 Å². The second-order valence-electron chi connectivity index (χ2n) is 6.85. The van der Waals surface area contributed by atoms with Gasteiger partial charge in [-0.15, -0.1) is 0 Å². The molecule has 3 N–H and O–H groups in total. The van der Waals surface area contributed by atoms with Crippen LogP contribution in [0.15, 0.2) is 57.7 Å². The number of aliphatic carboxylic acids is 2. The van der Waals surface area contributed by atoms with Crippen molar-refractivity contribution in [3.8, 4) is 11.3 Å². The predicted octanol–water partition coefficient (Wildman–Crippen LogP) is 2.82. The average molecular weight is 409 g/mol. The molecule has 3 aromatic rings. The van der Waals surface area contributed by atoms with Crippen LogP contribution in [0.1, 0.15) is 28.8 Å². The average Bonchev–Trinajstić information content (AvgIpc) is 2.71. The lowest BCUT2D eigenvalue weighted by Crippen LogP contribution is -2.41. The normalized spacial score (nSPS) is 11.8. The molecule has 0 aliphatic rings. The van der Waals surface area contributed by atoms with Gasteiger partial charge in [0, 0.05) is 23.6 Å². The number of rotatable bonds is 7. The highest BCUT2D eigenvalue weighted by atomic mass is 16.4. The van der Waals surface area contributed by atoms with Crippen molar-refractivity contribution < 1.29 is 29.0 Å². The minimum absolute atomic E-state index is 0.181. The van der Waals surface area contributed by atoms with Crippen LogP contribution in [-0.4, -0.2) is 34.1 Å². The summed E-state index contributed by atoms with van der Waals surface area (Å²) in [5, 5.41) is 20.6.